The quantitative estimate of drug-likeness (QED) is 0.442. The van der Waals surface area contributed by atoms with Crippen molar-refractivity contribution < 1.29 is 13.6 Å². The van der Waals surface area contributed by atoms with E-state index in [1.165, 1.54) is 29.0 Å². The minimum Gasteiger partial charge on any atom is -0.467 e. The van der Waals surface area contributed by atoms with Gasteiger partial charge in [-0.05, 0) is 47.9 Å². The monoisotopic (exact) mass is 394 g/mol. The van der Waals surface area contributed by atoms with Gasteiger partial charge in [-0.25, -0.2) is 9.37 Å². The molecule has 1 amide bonds. The van der Waals surface area contributed by atoms with E-state index in [9.17, 15) is 9.18 Å². The van der Waals surface area contributed by atoms with Gasteiger partial charge in [0.1, 0.15) is 11.6 Å². The second kappa shape index (κ2) is 7.94. The average molecular weight is 394 g/mol. The van der Waals surface area contributed by atoms with E-state index in [1.54, 1.807) is 23.3 Å². The van der Waals surface area contributed by atoms with Crippen molar-refractivity contribution in [2.75, 3.05) is 4.90 Å². The zero-order valence-electron chi connectivity index (χ0n) is 15.4. The zero-order valence-corrected chi connectivity index (χ0v) is 16.2. The number of hydrogen-bond donors (Lipinski definition) is 0. The maximum Gasteiger partial charge on any atom is 0.233 e. The largest absolute Gasteiger partial charge is 0.467 e. The highest BCUT2D eigenvalue weighted by Crippen LogP contribution is 2.31. The summed E-state index contributed by atoms with van der Waals surface area (Å²) in [6.45, 7) is 2.38. The van der Waals surface area contributed by atoms with Crippen LogP contribution in [-0.2, 0) is 24.2 Å². The van der Waals surface area contributed by atoms with Gasteiger partial charge in [0.2, 0.25) is 5.91 Å². The molecule has 2 aromatic heterocycles. The van der Waals surface area contributed by atoms with Crippen molar-refractivity contribution in [2.24, 2.45) is 0 Å². The SMILES string of the molecule is CCc1ccc(CC(=O)N(Cc2ccco2)c2nc3ccc(F)cc3s2)cc1. The van der Waals surface area contributed by atoms with Crippen molar-refractivity contribution >= 4 is 32.6 Å². The van der Waals surface area contributed by atoms with Crippen molar-refractivity contribution in [2.45, 2.75) is 26.3 Å². The summed E-state index contributed by atoms with van der Waals surface area (Å²) in [6.07, 6.45) is 2.80. The van der Waals surface area contributed by atoms with E-state index < -0.39 is 0 Å². The Morgan fingerprint density at radius 3 is 2.64 bits per heavy atom. The molecule has 0 aliphatic heterocycles. The van der Waals surface area contributed by atoms with E-state index >= 15 is 0 Å². The molecule has 0 spiro atoms. The molecule has 0 atom stereocenters. The van der Waals surface area contributed by atoms with Crippen LogP contribution in [0.25, 0.3) is 10.2 Å². The first-order valence-electron chi connectivity index (χ1n) is 9.09. The topological polar surface area (TPSA) is 46.3 Å². The smallest absolute Gasteiger partial charge is 0.233 e. The van der Waals surface area contributed by atoms with E-state index in [0.717, 1.165) is 12.0 Å². The molecule has 2 heterocycles. The molecule has 4 aromatic rings. The first-order chi connectivity index (χ1) is 13.6. The predicted molar refractivity (Wildman–Crippen MR) is 109 cm³/mol. The summed E-state index contributed by atoms with van der Waals surface area (Å²) < 4.78 is 19.7. The van der Waals surface area contributed by atoms with Crippen LogP contribution in [0.2, 0.25) is 0 Å². The molecular formula is C22H19FN2O2S. The van der Waals surface area contributed by atoms with Crippen molar-refractivity contribution in [1.82, 2.24) is 4.98 Å². The summed E-state index contributed by atoms with van der Waals surface area (Å²) in [6, 6.07) is 16.1. The number of fused-ring (bicyclic) bond motifs is 1. The van der Waals surface area contributed by atoms with Crippen LogP contribution in [0.3, 0.4) is 0 Å². The van der Waals surface area contributed by atoms with Gasteiger partial charge in [-0.15, -0.1) is 0 Å². The summed E-state index contributed by atoms with van der Waals surface area (Å²) in [5.41, 5.74) is 2.85. The molecule has 2 aromatic carbocycles. The molecule has 142 valence electrons. The number of aryl methyl sites for hydroxylation is 1. The number of aromatic nitrogens is 1. The van der Waals surface area contributed by atoms with Crippen molar-refractivity contribution in [3.63, 3.8) is 0 Å². The van der Waals surface area contributed by atoms with Crippen LogP contribution < -0.4 is 4.90 Å². The maximum atomic E-state index is 13.5. The third kappa shape index (κ3) is 3.97. The van der Waals surface area contributed by atoms with Gasteiger partial charge in [-0.2, -0.15) is 0 Å². The highest BCUT2D eigenvalue weighted by Gasteiger charge is 2.21. The van der Waals surface area contributed by atoms with Gasteiger partial charge in [0.15, 0.2) is 5.13 Å². The molecule has 4 rings (SSSR count). The second-order valence-electron chi connectivity index (χ2n) is 6.51. The van der Waals surface area contributed by atoms with Crippen LogP contribution in [0.15, 0.2) is 65.3 Å². The van der Waals surface area contributed by atoms with Gasteiger partial charge in [0.05, 0.1) is 29.4 Å². The molecular weight excluding hydrogens is 375 g/mol. The summed E-state index contributed by atoms with van der Waals surface area (Å²) in [5, 5.41) is 0.534. The first kappa shape index (κ1) is 18.4. The van der Waals surface area contributed by atoms with E-state index in [0.29, 0.717) is 21.1 Å². The number of rotatable bonds is 6. The number of hydrogen-bond acceptors (Lipinski definition) is 4. The number of amides is 1. The van der Waals surface area contributed by atoms with Gasteiger partial charge in [0.25, 0.3) is 0 Å². The number of halogens is 1. The lowest BCUT2D eigenvalue weighted by Gasteiger charge is -2.19. The molecule has 0 saturated heterocycles. The van der Waals surface area contributed by atoms with Crippen LogP contribution in [0.5, 0.6) is 0 Å². The summed E-state index contributed by atoms with van der Waals surface area (Å²) in [5.74, 6) is 0.267. The van der Waals surface area contributed by atoms with Gasteiger partial charge >= 0.3 is 0 Å². The lowest BCUT2D eigenvalue weighted by atomic mass is 10.1. The fourth-order valence-electron chi connectivity index (χ4n) is 2.99. The molecule has 0 saturated carbocycles. The molecule has 0 aliphatic carbocycles. The Bertz CT molecular complexity index is 1090. The van der Waals surface area contributed by atoms with Crippen LogP contribution in [0.4, 0.5) is 9.52 Å². The van der Waals surface area contributed by atoms with E-state index in [4.69, 9.17) is 4.42 Å². The Kier molecular flexibility index (Phi) is 5.21. The normalized spacial score (nSPS) is 11.1. The number of carbonyl (C=O) groups is 1. The molecule has 6 heteroatoms. The molecule has 0 bridgehead atoms. The molecule has 0 aliphatic rings. The third-order valence-electron chi connectivity index (χ3n) is 4.55. The summed E-state index contributed by atoms with van der Waals surface area (Å²) in [7, 11) is 0. The highest BCUT2D eigenvalue weighted by atomic mass is 32.1. The van der Waals surface area contributed by atoms with Gasteiger partial charge in [-0.1, -0.05) is 42.5 Å². The molecule has 0 fully saturated rings. The van der Waals surface area contributed by atoms with Crippen LogP contribution in [0, 0.1) is 5.82 Å². The number of carbonyl (C=O) groups excluding carboxylic acids is 1. The van der Waals surface area contributed by atoms with Crippen molar-refractivity contribution in [3.8, 4) is 0 Å². The van der Waals surface area contributed by atoms with Crippen LogP contribution in [-0.4, -0.2) is 10.9 Å². The predicted octanol–water partition coefficient (Wildman–Crippen LogP) is 5.37. The number of anilines is 1. The van der Waals surface area contributed by atoms with Gasteiger partial charge < -0.3 is 4.42 Å². The Labute approximate surface area is 166 Å². The number of thiazole rings is 1. The maximum absolute atomic E-state index is 13.5. The lowest BCUT2D eigenvalue weighted by Crippen LogP contribution is -2.31. The van der Waals surface area contributed by atoms with Crippen molar-refractivity contribution in [1.29, 1.82) is 0 Å². The Hall–Kier alpha value is -2.99. The third-order valence-corrected chi connectivity index (χ3v) is 5.59. The lowest BCUT2D eigenvalue weighted by molar-refractivity contribution is -0.118. The zero-order chi connectivity index (χ0) is 19.5. The van der Waals surface area contributed by atoms with E-state index in [2.05, 4.69) is 11.9 Å². The number of furan rings is 1. The summed E-state index contributed by atoms with van der Waals surface area (Å²) >= 11 is 1.30. The number of benzene rings is 2. The fourth-order valence-corrected chi connectivity index (χ4v) is 3.99. The first-order valence-corrected chi connectivity index (χ1v) is 9.90. The van der Waals surface area contributed by atoms with E-state index in [-0.39, 0.29) is 24.7 Å². The van der Waals surface area contributed by atoms with Crippen LogP contribution in [0.1, 0.15) is 23.8 Å². The minimum absolute atomic E-state index is 0.0832. The molecule has 0 N–H and O–H groups in total. The Morgan fingerprint density at radius 2 is 1.93 bits per heavy atom. The standard InChI is InChI=1S/C22H19FN2O2S/c1-2-15-5-7-16(8-6-15)12-21(26)25(14-18-4-3-11-27-18)22-24-19-10-9-17(23)13-20(19)28-22/h3-11,13H,2,12,14H2,1H3. The fraction of sp³-hybridized carbons (Fsp3) is 0.182. The second-order valence-corrected chi connectivity index (χ2v) is 7.52. The molecule has 0 radical (unpaired) electrons. The van der Waals surface area contributed by atoms with E-state index in [1.807, 2.05) is 30.3 Å². The molecule has 0 unspecified atom stereocenters. The average Bonchev–Trinajstić information content (AvgIpc) is 3.35. The van der Waals surface area contributed by atoms with Crippen molar-refractivity contribution in [3.05, 3.63) is 83.6 Å². The van der Waals surface area contributed by atoms with Gasteiger partial charge in [0, 0.05) is 0 Å². The minimum atomic E-state index is -0.317. The molecule has 4 nitrogen and oxygen atoms in total. The number of nitrogens with zero attached hydrogens (tertiary/aromatic N) is 2. The highest BCUT2D eigenvalue weighted by molar-refractivity contribution is 7.22. The van der Waals surface area contributed by atoms with Crippen LogP contribution >= 0.6 is 11.3 Å². The Morgan fingerprint density at radius 1 is 1.14 bits per heavy atom. The summed E-state index contributed by atoms with van der Waals surface area (Å²) in [4.78, 5) is 19.3. The van der Waals surface area contributed by atoms with Gasteiger partial charge in [-0.3, -0.25) is 9.69 Å². The molecule has 28 heavy (non-hydrogen) atoms. The Balaban J connectivity index is 1.64.